The van der Waals surface area contributed by atoms with Crippen molar-refractivity contribution >= 4 is 18.2 Å². The number of unbranched alkanes of at least 4 members (excludes halogenated alkanes) is 1. The summed E-state index contributed by atoms with van der Waals surface area (Å²) in [4.78, 5) is 38.2. The van der Waals surface area contributed by atoms with E-state index >= 15 is 0 Å². The lowest BCUT2D eigenvalue weighted by Crippen LogP contribution is -2.59. The van der Waals surface area contributed by atoms with Crippen LogP contribution in [0.5, 0.6) is 0 Å². The Morgan fingerprint density at radius 3 is 2.42 bits per heavy atom. The zero-order chi connectivity index (χ0) is 19.7. The Balaban J connectivity index is 2.87. The van der Waals surface area contributed by atoms with E-state index < -0.39 is 17.4 Å². The van der Waals surface area contributed by atoms with Gasteiger partial charge < -0.3 is 15.5 Å². The maximum Gasteiger partial charge on any atom is 0.245 e. The highest BCUT2D eigenvalue weighted by molar-refractivity contribution is 5.89. The van der Waals surface area contributed by atoms with Crippen molar-refractivity contribution in [2.75, 3.05) is 32.7 Å². The third-order valence-electron chi connectivity index (χ3n) is 4.63. The minimum atomic E-state index is -0.652. The molecule has 2 atom stereocenters. The molecule has 26 heavy (non-hydrogen) atoms. The van der Waals surface area contributed by atoms with Gasteiger partial charge in [0.2, 0.25) is 18.2 Å². The standard InChI is InChI=1S/C18H34N4O4/c1-5-6-7-14(12-22(26)13-23)16(24)20-15(18(2,3)4)17(25)21-10-8-19-9-11-21/h13-15,19,26H,5-12H2,1-4H3,(H,20,24)/t14-,15-/m1/s1. The molecule has 1 saturated heterocycles. The van der Waals surface area contributed by atoms with Gasteiger partial charge in [-0.2, -0.15) is 0 Å². The van der Waals surface area contributed by atoms with E-state index in [1.54, 1.807) is 4.90 Å². The highest BCUT2D eigenvalue weighted by Gasteiger charge is 2.37. The van der Waals surface area contributed by atoms with Crippen LogP contribution in [0, 0.1) is 11.3 Å². The summed E-state index contributed by atoms with van der Waals surface area (Å²) in [5.74, 6) is -0.939. The average Bonchev–Trinajstić information content (AvgIpc) is 2.61. The Bertz CT molecular complexity index is 472. The molecule has 0 bridgehead atoms. The number of carbonyl (C=O) groups excluding carboxylic acids is 3. The van der Waals surface area contributed by atoms with Crippen LogP contribution in [0.25, 0.3) is 0 Å². The van der Waals surface area contributed by atoms with Crippen molar-refractivity contribution in [2.45, 2.75) is 53.0 Å². The van der Waals surface area contributed by atoms with Gasteiger partial charge in [-0.3, -0.25) is 19.6 Å². The highest BCUT2D eigenvalue weighted by Crippen LogP contribution is 2.22. The largest absolute Gasteiger partial charge is 0.344 e. The molecule has 1 heterocycles. The number of amides is 3. The Morgan fingerprint density at radius 1 is 1.31 bits per heavy atom. The van der Waals surface area contributed by atoms with Crippen molar-refractivity contribution in [2.24, 2.45) is 11.3 Å². The minimum Gasteiger partial charge on any atom is -0.344 e. The topological polar surface area (TPSA) is 102 Å². The summed E-state index contributed by atoms with van der Waals surface area (Å²) in [6.45, 7) is 10.4. The molecule has 1 aliphatic heterocycles. The van der Waals surface area contributed by atoms with Crippen LogP contribution in [0.2, 0.25) is 0 Å². The van der Waals surface area contributed by atoms with E-state index in [-0.39, 0.29) is 18.4 Å². The SMILES string of the molecule is CCCC[C@H](CN(O)C=O)C(=O)N[C@H](C(=O)N1CCNCC1)C(C)(C)C. The number of nitrogens with zero attached hydrogens (tertiary/aromatic N) is 2. The van der Waals surface area contributed by atoms with Crippen LogP contribution in [0.1, 0.15) is 47.0 Å². The number of hydrogen-bond donors (Lipinski definition) is 3. The molecule has 3 amide bonds. The van der Waals surface area contributed by atoms with Crippen molar-refractivity contribution in [3.63, 3.8) is 0 Å². The lowest BCUT2D eigenvalue weighted by Gasteiger charge is -2.37. The van der Waals surface area contributed by atoms with Gasteiger partial charge in [0.25, 0.3) is 0 Å². The van der Waals surface area contributed by atoms with E-state index in [0.717, 1.165) is 25.9 Å². The summed E-state index contributed by atoms with van der Waals surface area (Å²) in [6.07, 6.45) is 2.54. The van der Waals surface area contributed by atoms with Gasteiger partial charge in [-0.25, -0.2) is 5.06 Å². The molecule has 3 N–H and O–H groups in total. The molecule has 1 aliphatic rings. The zero-order valence-corrected chi connectivity index (χ0v) is 16.5. The van der Waals surface area contributed by atoms with E-state index in [1.807, 2.05) is 27.7 Å². The molecule has 8 nitrogen and oxygen atoms in total. The lowest BCUT2D eigenvalue weighted by molar-refractivity contribution is -0.155. The van der Waals surface area contributed by atoms with Gasteiger partial charge >= 0.3 is 0 Å². The first-order chi connectivity index (χ1) is 12.2. The van der Waals surface area contributed by atoms with Crippen molar-refractivity contribution in [3.05, 3.63) is 0 Å². The zero-order valence-electron chi connectivity index (χ0n) is 16.5. The molecule has 0 spiro atoms. The molecule has 0 aromatic heterocycles. The molecular formula is C18H34N4O4. The van der Waals surface area contributed by atoms with Crippen LogP contribution >= 0.6 is 0 Å². The minimum absolute atomic E-state index is 0.0754. The molecule has 0 aromatic rings. The number of carbonyl (C=O) groups is 3. The molecule has 0 radical (unpaired) electrons. The Labute approximate surface area is 156 Å². The molecule has 1 rings (SSSR count). The van der Waals surface area contributed by atoms with Crippen LogP contribution < -0.4 is 10.6 Å². The lowest BCUT2D eigenvalue weighted by atomic mass is 9.85. The predicted molar refractivity (Wildman–Crippen MR) is 98.4 cm³/mol. The van der Waals surface area contributed by atoms with Gasteiger partial charge in [0, 0.05) is 26.2 Å². The summed E-state index contributed by atoms with van der Waals surface area (Å²) in [5, 5.41) is 16.1. The molecule has 150 valence electrons. The van der Waals surface area contributed by atoms with Crippen molar-refractivity contribution in [1.29, 1.82) is 0 Å². The normalized spacial score (nSPS) is 17.3. The average molecular weight is 370 g/mol. The third kappa shape index (κ3) is 6.92. The second-order valence-corrected chi connectivity index (χ2v) is 7.95. The van der Waals surface area contributed by atoms with E-state index in [2.05, 4.69) is 10.6 Å². The van der Waals surface area contributed by atoms with Crippen LogP contribution in [-0.4, -0.2) is 72.2 Å². The molecule has 8 heteroatoms. The molecular weight excluding hydrogens is 336 g/mol. The van der Waals surface area contributed by atoms with Crippen molar-refractivity contribution in [1.82, 2.24) is 20.6 Å². The molecule has 0 unspecified atom stereocenters. The van der Waals surface area contributed by atoms with E-state index in [4.69, 9.17) is 0 Å². The van der Waals surface area contributed by atoms with Gasteiger partial charge in [-0.1, -0.05) is 40.5 Å². The smallest absolute Gasteiger partial charge is 0.245 e. The Morgan fingerprint density at radius 2 is 1.92 bits per heavy atom. The fraction of sp³-hybridized carbons (Fsp3) is 0.833. The van der Waals surface area contributed by atoms with E-state index in [1.165, 1.54) is 0 Å². The molecule has 0 saturated carbocycles. The Hall–Kier alpha value is -1.67. The van der Waals surface area contributed by atoms with E-state index in [0.29, 0.717) is 31.0 Å². The number of hydrogen-bond acceptors (Lipinski definition) is 5. The summed E-state index contributed by atoms with van der Waals surface area (Å²) < 4.78 is 0. The van der Waals surface area contributed by atoms with Gasteiger partial charge in [0.15, 0.2) is 0 Å². The molecule has 1 fully saturated rings. The van der Waals surface area contributed by atoms with Crippen LogP contribution in [0.15, 0.2) is 0 Å². The van der Waals surface area contributed by atoms with Crippen LogP contribution in [0.4, 0.5) is 0 Å². The predicted octanol–water partition coefficient (Wildman–Crippen LogP) is 0.603. The van der Waals surface area contributed by atoms with Crippen molar-refractivity contribution < 1.29 is 19.6 Å². The Kier molecular flexibility index (Phi) is 9.01. The van der Waals surface area contributed by atoms with Crippen molar-refractivity contribution in [3.8, 4) is 0 Å². The molecule has 0 aromatic carbocycles. The van der Waals surface area contributed by atoms with Crippen LogP contribution in [0.3, 0.4) is 0 Å². The fourth-order valence-electron chi connectivity index (χ4n) is 3.00. The summed E-state index contributed by atoms with van der Waals surface area (Å²) in [7, 11) is 0. The van der Waals surface area contributed by atoms with Gasteiger partial charge in [0.1, 0.15) is 6.04 Å². The first-order valence-corrected chi connectivity index (χ1v) is 9.41. The van der Waals surface area contributed by atoms with Gasteiger partial charge in [-0.15, -0.1) is 0 Å². The van der Waals surface area contributed by atoms with Crippen LogP contribution in [-0.2, 0) is 14.4 Å². The first kappa shape index (κ1) is 22.4. The first-order valence-electron chi connectivity index (χ1n) is 9.41. The third-order valence-corrected chi connectivity index (χ3v) is 4.63. The monoisotopic (exact) mass is 370 g/mol. The van der Waals surface area contributed by atoms with Gasteiger partial charge in [0.05, 0.1) is 12.5 Å². The molecule has 0 aliphatic carbocycles. The van der Waals surface area contributed by atoms with Gasteiger partial charge in [-0.05, 0) is 11.8 Å². The maximum atomic E-state index is 13.0. The highest BCUT2D eigenvalue weighted by atomic mass is 16.5. The maximum absolute atomic E-state index is 13.0. The summed E-state index contributed by atoms with van der Waals surface area (Å²) in [6, 6.07) is -0.652. The quantitative estimate of drug-likeness (QED) is 0.313. The number of piperazine rings is 1. The fourth-order valence-corrected chi connectivity index (χ4v) is 3.00. The second kappa shape index (κ2) is 10.5. The number of rotatable bonds is 9. The second-order valence-electron chi connectivity index (χ2n) is 7.95. The number of nitrogens with one attached hydrogen (secondary N) is 2. The van der Waals surface area contributed by atoms with E-state index in [9.17, 15) is 19.6 Å². The summed E-state index contributed by atoms with van der Waals surface area (Å²) in [5.41, 5.74) is -0.448. The number of hydroxylamine groups is 2. The summed E-state index contributed by atoms with van der Waals surface area (Å²) >= 11 is 0.